The molecule has 0 amide bonds. The first-order valence-corrected chi connectivity index (χ1v) is 5.95. The molecule has 0 saturated carbocycles. The Hall–Kier alpha value is -2.48. The van der Waals surface area contributed by atoms with E-state index >= 15 is 0 Å². The molecule has 0 bridgehead atoms. The van der Waals surface area contributed by atoms with Crippen LogP contribution < -0.4 is 0 Å². The van der Waals surface area contributed by atoms with Crippen LogP contribution in [0.3, 0.4) is 0 Å². The van der Waals surface area contributed by atoms with Gasteiger partial charge in [0.25, 0.3) is 0 Å². The molecule has 0 aromatic heterocycles. The highest BCUT2D eigenvalue weighted by Gasteiger charge is 2.12. The molecule has 0 fully saturated rings. The van der Waals surface area contributed by atoms with Crippen molar-refractivity contribution >= 4 is 21.7 Å². The predicted molar refractivity (Wildman–Crippen MR) is 73.7 cm³/mol. The summed E-state index contributed by atoms with van der Waals surface area (Å²) in [7, 11) is 0. The number of hydrogen-bond acceptors (Lipinski definition) is 2. The highest BCUT2D eigenvalue weighted by atomic mass is 14.7. The zero-order chi connectivity index (χ0) is 11.9. The molecule has 0 N–H and O–H groups in total. The molecule has 18 heavy (non-hydrogen) atoms. The molecule has 2 heterocycles. The van der Waals surface area contributed by atoms with Crippen LogP contribution in [0.15, 0.2) is 60.9 Å². The van der Waals surface area contributed by atoms with Crippen molar-refractivity contribution in [2.75, 3.05) is 0 Å². The molecule has 0 spiro atoms. The van der Waals surface area contributed by atoms with Gasteiger partial charge in [-0.15, -0.1) is 0 Å². The van der Waals surface area contributed by atoms with Gasteiger partial charge in [-0.3, -0.25) is 4.98 Å². The first-order chi connectivity index (χ1) is 8.93. The van der Waals surface area contributed by atoms with Gasteiger partial charge in [0.1, 0.15) is 0 Å². The summed E-state index contributed by atoms with van der Waals surface area (Å²) in [6.07, 6.45) is 3.61. The maximum Gasteiger partial charge on any atom is 0.0732 e. The van der Waals surface area contributed by atoms with Gasteiger partial charge in [-0.2, -0.15) is 0 Å². The SMILES string of the molecule is c1ccc2c(c1)ccc1nc3ccnccc-3c12. The summed E-state index contributed by atoms with van der Waals surface area (Å²) in [5.41, 5.74) is 3.22. The van der Waals surface area contributed by atoms with Gasteiger partial charge in [0.05, 0.1) is 11.2 Å². The van der Waals surface area contributed by atoms with E-state index in [1.165, 1.54) is 21.7 Å². The Balaban J connectivity index is 2.30. The Kier molecular flexibility index (Phi) is 1.86. The minimum Gasteiger partial charge on any atom is -0.265 e. The second-order valence-electron chi connectivity index (χ2n) is 4.37. The highest BCUT2D eigenvalue weighted by molar-refractivity contribution is 6.14. The number of hydrogen-bond donors (Lipinski definition) is 0. The summed E-state index contributed by atoms with van der Waals surface area (Å²) in [6.45, 7) is 0. The molecular formula is C16H10N2. The van der Waals surface area contributed by atoms with Crippen molar-refractivity contribution in [3.63, 3.8) is 0 Å². The first-order valence-electron chi connectivity index (χ1n) is 5.95. The van der Waals surface area contributed by atoms with E-state index in [9.17, 15) is 0 Å². The fourth-order valence-corrected chi connectivity index (χ4v) is 2.53. The molecule has 2 aliphatic rings. The molecule has 0 atom stereocenters. The van der Waals surface area contributed by atoms with Crippen molar-refractivity contribution in [3.05, 3.63) is 60.9 Å². The average Bonchev–Trinajstić information content (AvgIpc) is 2.61. The lowest BCUT2D eigenvalue weighted by molar-refractivity contribution is 1.36. The summed E-state index contributed by atoms with van der Waals surface area (Å²) in [4.78, 5) is 8.81. The Labute approximate surface area is 104 Å². The third-order valence-corrected chi connectivity index (χ3v) is 3.34. The van der Waals surface area contributed by atoms with E-state index in [0.29, 0.717) is 0 Å². The molecule has 2 aromatic rings. The summed E-state index contributed by atoms with van der Waals surface area (Å²) in [5, 5.41) is 3.73. The molecule has 0 aliphatic carbocycles. The van der Waals surface area contributed by atoms with E-state index < -0.39 is 0 Å². The smallest absolute Gasteiger partial charge is 0.0732 e. The monoisotopic (exact) mass is 230 g/mol. The summed E-state index contributed by atoms with van der Waals surface area (Å²) in [6, 6.07) is 16.6. The Morgan fingerprint density at radius 1 is 0.778 bits per heavy atom. The van der Waals surface area contributed by atoms with Crippen LogP contribution in [0.25, 0.3) is 32.9 Å². The molecule has 4 rings (SSSR count). The van der Waals surface area contributed by atoms with E-state index in [2.05, 4.69) is 46.4 Å². The lowest BCUT2D eigenvalue weighted by atomic mass is 10.0. The molecule has 2 nitrogen and oxygen atoms in total. The van der Waals surface area contributed by atoms with Gasteiger partial charge in [0.2, 0.25) is 0 Å². The third kappa shape index (κ3) is 1.23. The van der Waals surface area contributed by atoms with Crippen molar-refractivity contribution in [3.8, 4) is 11.3 Å². The third-order valence-electron chi connectivity index (χ3n) is 3.34. The standard InChI is InChI=1S/C16H10N2/c1-2-4-12-11(3-1)5-6-15-16(12)13-7-9-17-10-8-14(13)18-15/h1-10H. The van der Waals surface area contributed by atoms with Gasteiger partial charge in [-0.05, 0) is 29.0 Å². The number of fused-ring (bicyclic) bond motifs is 5. The normalized spacial score (nSPS) is 11.3. The fourth-order valence-electron chi connectivity index (χ4n) is 2.53. The molecular weight excluding hydrogens is 220 g/mol. The van der Waals surface area contributed by atoms with E-state index in [0.717, 1.165) is 11.2 Å². The number of aromatic nitrogens is 2. The Morgan fingerprint density at radius 3 is 2.67 bits per heavy atom. The van der Waals surface area contributed by atoms with Crippen molar-refractivity contribution in [2.45, 2.75) is 0 Å². The number of rotatable bonds is 0. The van der Waals surface area contributed by atoms with Crippen molar-refractivity contribution < 1.29 is 0 Å². The van der Waals surface area contributed by atoms with E-state index in [-0.39, 0.29) is 0 Å². The lowest BCUT2D eigenvalue weighted by Gasteiger charge is -1.99. The molecule has 2 heteroatoms. The Morgan fingerprint density at radius 2 is 1.67 bits per heavy atom. The van der Waals surface area contributed by atoms with Gasteiger partial charge < -0.3 is 0 Å². The van der Waals surface area contributed by atoms with Crippen LogP contribution in [0.5, 0.6) is 0 Å². The zero-order valence-electron chi connectivity index (χ0n) is 9.67. The maximum absolute atomic E-state index is 4.67. The lowest BCUT2D eigenvalue weighted by Crippen LogP contribution is -1.74. The van der Waals surface area contributed by atoms with E-state index in [4.69, 9.17) is 0 Å². The van der Waals surface area contributed by atoms with Crippen LogP contribution in [0, 0.1) is 0 Å². The van der Waals surface area contributed by atoms with Gasteiger partial charge in [-0.25, -0.2) is 4.98 Å². The van der Waals surface area contributed by atoms with Crippen molar-refractivity contribution in [1.29, 1.82) is 0 Å². The molecule has 0 radical (unpaired) electrons. The second-order valence-corrected chi connectivity index (χ2v) is 4.37. The minimum absolute atomic E-state index is 0.999. The molecule has 2 aliphatic heterocycles. The van der Waals surface area contributed by atoms with Gasteiger partial charge >= 0.3 is 0 Å². The topological polar surface area (TPSA) is 25.8 Å². The van der Waals surface area contributed by atoms with Crippen molar-refractivity contribution in [2.24, 2.45) is 0 Å². The number of benzene rings is 2. The zero-order valence-corrected chi connectivity index (χ0v) is 9.67. The number of nitrogens with zero attached hydrogens (tertiary/aromatic N) is 2. The minimum atomic E-state index is 0.999. The predicted octanol–water partition coefficient (Wildman–Crippen LogP) is 3.89. The largest absolute Gasteiger partial charge is 0.265 e. The molecule has 84 valence electrons. The molecule has 2 aromatic carbocycles. The van der Waals surface area contributed by atoms with Crippen LogP contribution >= 0.6 is 0 Å². The average molecular weight is 230 g/mol. The quantitative estimate of drug-likeness (QED) is 0.458. The van der Waals surface area contributed by atoms with E-state index in [1.54, 1.807) is 6.20 Å². The Bertz CT molecular complexity index is 836. The van der Waals surface area contributed by atoms with Crippen LogP contribution in [-0.4, -0.2) is 9.97 Å². The van der Waals surface area contributed by atoms with Gasteiger partial charge in [0.15, 0.2) is 0 Å². The first kappa shape index (κ1) is 9.54. The maximum atomic E-state index is 4.67. The highest BCUT2D eigenvalue weighted by Crippen LogP contribution is 2.35. The van der Waals surface area contributed by atoms with E-state index in [1.807, 2.05) is 18.3 Å². The fraction of sp³-hybridized carbons (Fsp3) is 0. The van der Waals surface area contributed by atoms with Crippen LogP contribution in [0.1, 0.15) is 0 Å². The molecule has 0 saturated heterocycles. The summed E-state index contributed by atoms with van der Waals surface area (Å²) in [5.74, 6) is 0. The second kappa shape index (κ2) is 3.50. The van der Waals surface area contributed by atoms with Crippen LogP contribution in [0.2, 0.25) is 0 Å². The van der Waals surface area contributed by atoms with Crippen molar-refractivity contribution in [1.82, 2.24) is 9.97 Å². The molecule has 0 unspecified atom stereocenters. The van der Waals surface area contributed by atoms with Crippen LogP contribution in [-0.2, 0) is 0 Å². The summed E-state index contributed by atoms with van der Waals surface area (Å²) < 4.78 is 0. The van der Waals surface area contributed by atoms with Gasteiger partial charge in [0, 0.05) is 23.3 Å². The van der Waals surface area contributed by atoms with Crippen LogP contribution in [0.4, 0.5) is 0 Å². The van der Waals surface area contributed by atoms with Gasteiger partial charge in [-0.1, -0.05) is 30.3 Å². The summed E-state index contributed by atoms with van der Waals surface area (Å²) >= 11 is 0.